The summed E-state index contributed by atoms with van der Waals surface area (Å²) in [5, 5.41) is 8.92. The average Bonchev–Trinajstić information content (AvgIpc) is 2.72. The van der Waals surface area contributed by atoms with Gasteiger partial charge in [-0.3, -0.25) is 4.57 Å². The highest BCUT2D eigenvalue weighted by atomic mass is 19.1. The van der Waals surface area contributed by atoms with Crippen LogP contribution in [0.3, 0.4) is 0 Å². The molecule has 0 spiro atoms. The summed E-state index contributed by atoms with van der Waals surface area (Å²) in [6.45, 7) is 1.32. The van der Waals surface area contributed by atoms with Crippen LogP contribution < -0.4 is 10.4 Å². The number of methoxy groups -OCH3 is 1. The van der Waals surface area contributed by atoms with E-state index in [4.69, 9.17) is 14.6 Å². The molecule has 0 bridgehead atoms. The van der Waals surface area contributed by atoms with Gasteiger partial charge in [-0.2, -0.15) is 4.98 Å². The Morgan fingerprint density at radius 2 is 2.44 bits per heavy atom. The summed E-state index contributed by atoms with van der Waals surface area (Å²) < 4.78 is 24.9. The Morgan fingerprint density at radius 1 is 1.72 bits per heavy atom. The molecule has 100 valence electrons. The standard InChI is InChI=1S/C11H15FN2O4/c1-6-4-14(11(16)13-10(6)17-2)9-3-7(12)8(5-15)18-9/h4,7-9,15H,3,5H2,1-2H3/t7-,8+,9+/m0/s1. The lowest BCUT2D eigenvalue weighted by Gasteiger charge is -2.15. The van der Waals surface area contributed by atoms with Gasteiger partial charge < -0.3 is 14.6 Å². The average molecular weight is 258 g/mol. The molecule has 1 N–H and O–H groups in total. The molecular formula is C11H15FN2O4. The third kappa shape index (κ3) is 2.23. The number of nitrogens with zero attached hydrogens (tertiary/aromatic N) is 2. The molecule has 0 aliphatic carbocycles. The molecular weight excluding hydrogens is 243 g/mol. The zero-order valence-corrected chi connectivity index (χ0v) is 10.2. The Kier molecular flexibility index (Phi) is 3.63. The topological polar surface area (TPSA) is 73.6 Å². The van der Waals surface area contributed by atoms with Gasteiger partial charge in [-0.15, -0.1) is 0 Å². The van der Waals surface area contributed by atoms with Crippen LogP contribution >= 0.6 is 0 Å². The van der Waals surface area contributed by atoms with Crippen molar-refractivity contribution in [3.63, 3.8) is 0 Å². The maximum absolute atomic E-state index is 13.5. The summed E-state index contributed by atoms with van der Waals surface area (Å²) in [5.41, 5.74) is 0.0943. The molecule has 1 aromatic rings. The Labute approximate surface area is 103 Å². The summed E-state index contributed by atoms with van der Waals surface area (Å²) in [5.74, 6) is 0.241. The van der Waals surface area contributed by atoms with Crippen molar-refractivity contribution in [1.82, 2.24) is 9.55 Å². The van der Waals surface area contributed by atoms with Crippen molar-refractivity contribution in [2.75, 3.05) is 13.7 Å². The van der Waals surface area contributed by atoms with Crippen molar-refractivity contribution in [2.45, 2.75) is 31.8 Å². The minimum Gasteiger partial charge on any atom is -0.481 e. The van der Waals surface area contributed by atoms with Crippen molar-refractivity contribution in [3.8, 4) is 5.88 Å². The van der Waals surface area contributed by atoms with E-state index in [2.05, 4.69) is 4.98 Å². The van der Waals surface area contributed by atoms with Crippen LogP contribution in [-0.2, 0) is 4.74 Å². The maximum atomic E-state index is 13.5. The number of hydrogen-bond donors (Lipinski definition) is 1. The van der Waals surface area contributed by atoms with Gasteiger partial charge in [-0.25, -0.2) is 9.18 Å². The van der Waals surface area contributed by atoms with E-state index in [0.717, 1.165) is 0 Å². The van der Waals surface area contributed by atoms with Crippen molar-refractivity contribution in [2.24, 2.45) is 0 Å². The van der Waals surface area contributed by atoms with Gasteiger partial charge >= 0.3 is 5.69 Å². The van der Waals surface area contributed by atoms with Gasteiger partial charge in [-0.1, -0.05) is 0 Å². The highest BCUT2D eigenvalue weighted by Crippen LogP contribution is 2.30. The molecule has 2 heterocycles. The Balaban J connectivity index is 2.30. The lowest BCUT2D eigenvalue weighted by Crippen LogP contribution is -2.28. The number of aliphatic hydroxyl groups is 1. The minimum absolute atomic E-state index is 0.0264. The second-order valence-corrected chi connectivity index (χ2v) is 4.19. The van der Waals surface area contributed by atoms with Gasteiger partial charge in [0.05, 0.1) is 13.7 Å². The van der Waals surface area contributed by atoms with Crippen LogP contribution in [0.5, 0.6) is 5.88 Å². The first-order chi connectivity index (χ1) is 8.56. The number of aromatic nitrogens is 2. The molecule has 0 unspecified atom stereocenters. The highest BCUT2D eigenvalue weighted by molar-refractivity contribution is 5.20. The number of ether oxygens (including phenoxy) is 2. The summed E-state index contributed by atoms with van der Waals surface area (Å²) in [6.07, 6.45) is -1.36. The Morgan fingerprint density at radius 3 is 3.00 bits per heavy atom. The first-order valence-corrected chi connectivity index (χ1v) is 5.61. The van der Waals surface area contributed by atoms with E-state index in [9.17, 15) is 9.18 Å². The van der Waals surface area contributed by atoms with E-state index >= 15 is 0 Å². The predicted molar refractivity (Wildman–Crippen MR) is 60.3 cm³/mol. The van der Waals surface area contributed by atoms with E-state index < -0.39 is 30.8 Å². The monoisotopic (exact) mass is 258 g/mol. The third-order valence-electron chi connectivity index (χ3n) is 2.93. The fourth-order valence-corrected chi connectivity index (χ4v) is 1.99. The van der Waals surface area contributed by atoms with Crippen LogP contribution in [0.1, 0.15) is 18.2 Å². The Bertz CT molecular complexity index is 490. The number of aliphatic hydroxyl groups excluding tert-OH is 1. The SMILES string of the molecule is COc1nc(=O)n([C@H]2C[C@H](F)[C@@H](CO)O2)cc1C. The Hall–Kier alpha value is -1.47. The van der Waals surface area contributed by atoms with Crippen LogP contribution in [0.2, 0.25) is 0 Å². The molecule has 18 heavy (non-hydrogen) atoms. The van der Waals surface area contributed by atoms with Crippen molar-refractivity contribution in [3.05, 3.63) is 22.2 Å². The summed E-state index contributed by atoms with van der Waals surface area (Å²) in [4.78, 5) is 15.5. The molecule has 1 fully saturated rings. The second kappa shape index (κ2) is 5.03. The van der Waals surface area contributed by atoms with Crippen LogP contribution in [0.25, 0.3) is 0 Å². The van der Waals surface area contributed by atoms with Gasteiger partial charge in [-0.05, 0) is 6.92 Å². The zero-order chi connectivity index (χ0) is 13.3. The molecule has 7 heteroatoms. The van der Waals surface area contributed by atoms with Crippen LogP contribution in [0, 0.1) is 6.92 Å². The van der Waals surface area contributed by atoms with E-state index in [1.807, 2.05) is 0 Å². The van der Waals surface area contributed by atoms with Crippen LogP contribution in [0.15, 0.2) is 11.0 Å². The molecule has 3 atom stereocenters. The quantitative estimate of drug-likeness (QED) is 0.837. The van der Waals surface area contributed by atoms with E-state index in [1.54, 1.807) is 6.92 Å². The lowest BCUT2D eigenvalue weighted by molar-refractivity contribution is -0.0357. The first-order valence-electron chi connectivity index (χ1n) is 5.61. The molecule has 0 aromatic carbocycles. The van der Waals surface area contributed by atoms with Crippen LogP contribution in [0.4, 0.5) is 4.39 Å². The number of hydrogen-bond acceptors (Lipinski definition) is 5. The molecule has 1 aromatic heterocycles. The number of alkyl halides is 1. The van der Waals surface area contributed by atoms with Gasteiger partial charge in [0.1, 0.15) is 18.5 Å². The number of halogens is 1. The molecule has 0 amide bonds. The van der Waals surface area contributed by atoms with Gasteiger partial charge in [0.15, 0.2) is 0 Å². The first kappa shape index (κ1) is 13.0. The maximum Gasteiger partial charge on any atom is 0.352 e. The molecule has 6 nitrogen and oxygen atoms in total. The minimum atomic E-state index is -1.28. The zero-order valence-electron chi connectivity index (χ0n) is 10.2. The molecule has 1 aliphatic heterocycles. The van der Waals surface area contributed by atoms with Crippen LogP contribution in [-0.4, -0.2) is 40.6 Å². The van der Waals surface area contributed by atoms with E-state index in [0.29, 0.717) is 5.56 Å². The predicted octanol–water partition coefficient (Wildman–Crippen LogP) is 0.178. The lowest BCUT2D eigenvalue weighted by atomic mass is 10.2. The van der Waals surface area contributed by atoms with Gasteiger partial charge in [0, 0.05) is 18.2 Å². The van der Waals surface area contributed by atoms with Gasteiger partial charge in [0.25, 0.3) is 0 Å². The fraction of sp³-hybridized carbons (Fsp3) is 0.636. The normalized spacial score (nSPS) is 27.4. The molecule has 2 rings (SSSR count). The molecule has 1 saturated heterocycles. The third-order valence-corrected chi connectivity index (χ3v) is 2.93. The summed E-state index contributed by atoms with van der Waals surface area (Å²) in [7, 11) is 1.42. The fourth-order valence-electron chi connectivity index (χ4n) is 1.99. The van der Waals surface area contributed by atoms with E-state index in [1.165, 1.54) is 17.9 Å². The highest BCUT2D eigenvalue weighted by Gasteiger charge is 2.36. The molecule has 0 saturated carbocycles. The van der Waals surface area contributed by atoms with Crippen molar-refractivity contribution >= 4 is 0 Å². The van der Waals surface area contributed by atoms with Crippen molar-refractivity contribution < 1.29 is 19.0 Å². The molecule has 0 radical (unpaired) electrons. The van der Waals surface area contributed by atoms with Gasteiger partial charge in [0.2, 0.25) is 5.88 Å². The smallest absolute Gasteiger partial charge is 0.352 e. The largest absolute Gasteiger partial charge is 0.481 e. The molecule has 1 aliphatic rings. The van der Waals surface area contributed by atoms with Crippen molar-refractivity contribution in [1.29, 1.82) is 0 Å². The van der Waals surface area contributed by atoms with E-state index in [-0.39, 0.29) is 12.3 Å². The number of rotatable bonds is 3. The second-order valence-electron chi connectivity index (χ2n) is 4.19. The number of aryl methyl sites for hydroxylation is 1. The summed E-state index contributed by atoms with van der Waals surface area (Å²) in [6, 6.07) is 0. The summed E-state index contributed by atoms with van der Waals surface area (Å²) >= 11 is 0.